The maximum Gasteiger partial charge on any atom is 0.334 e. The molecule has 2 heterocycles. The zero-order valence-electron chi connectivity index (χ0n) is 9.01. The molecule has 86 valence electrons. The Morgan fingerprint density at radius 3 is 3.00 bits per heavy atom. The summed E-state index contributed by atoms with van der Waals surface area (Å²) in [5.74, 6) is -0.382. The molecule has 2 aliphatic heterocycles. The Morgan fingerprint density at radius 1 is 1.56 bits per heavy atom. The third-order valence-corrected chi connectivity index (χ3v) is 3.62. The number of carbonyl (C=O) groups is 2. The summed E-state index contributed by atoms with van der Waals surface area (Å²) >= 11 is 0. The number of rotatable bonds is 2. The average molecular weight is 223 g/mol. The summed E-state index contributed by atoms with van der Waals surface area (Å²) in [7, 11) is 0. The molecule has 1 saturated carbocycles. The van der Waals surface area contributed by atoms with Crippen LogP contribution in [0.25, 0.3) is 0 Å². The summed E-state index contributed by atoms with van der Waals surface area (Å²) in [5, 5.41) is 1.56. The van der Waals surface area contributed by atoms with E-state index in [4.69, 9.17) is 9.57 Å². The maximum absolute atomic E-state index is 11.4. The van der Waals surface area contributed by atoms with Gasteiger partial charge in [-0.1, -0.05) is 11.6 Å². The lowest BCUT2D eigenvalue weighted by atomic mass is 10.0. The Balaban J connectivity index is 1.77. The summed E-state index contributed by atoms with van der Waals surface area (Å²) in [5.41, 5.74) is 0.366. The molecule has 3 aliphatic rings. The fourth-order valence-electron chi connectivity index (χ4n) is 2.87. The predicted molar refractivity (Wildman–Crippen MR) is 52.6 cm³/mol. The third kappa shape index (κ3) is 1.15. The highest BCUT2D eigenvalue weighted by molar-refractivity contribution is 5.87. The van der Waals surface area contributed by atoms with Crippen molar-refractivity contribution in [2.75, 3.05) is 0 Å². The molecule has 3 rings (SSSR count). The van der Waals surface area contributed by atoms with E-state index in [1.807, 2.05) is 0 Å². The minimum Gasteiger partial charge on any atom is -0.440 e. The van der Waals surface area contributed by atoms with Gasteiger partial charge in [-0.2, -0.15) is 0 Å². The lowest BCUT2D eigenvalue weighted by Gasteiger charge is -2.27. The molecule has 1 aliphatic carbocycles. The molecular weight excluding hydrogens is 210 g/mol. The van der Waals surface area contributed by atoms with E-state index in [0.29, 0.717) is 5.57 Å². The number of hydrogen-bond acceptors (Lipinski definition) is 5. The molecule has 5 heteroatoms. The first-order valence-electron chi connectivity index (χ1n) is 5.44. The van der Waals surface area contributed by atoms with E-state index in [1.54, 1.807) is 12.0 Å². The standard InChI is InChI=1S/C11H13NO4/c1-5(2)10(13)15-9-6-3-7-8(4-6)12(9)16-11(7)14/h6-9H,1,3-4H2,2H3. The van der Waals surface area contributed by atoms with Gasteiger partial charge in [0.2, 0.25) is 0 Å². The van der Waals surface area contributed by atoms with Crippen molar-refractivity contribution < 1.29 is 19.2 Å². The van der Waals surface area contributed by atoms with Gasteiger partial charge >= 0.3 is 11.9 Å². The Hall–Kier alpha value is -1.36. The molecule has 0 aromatic heterocycles. The van der Waals surface area contributed by atoms with Gasteiger partial charge in [0.25, 0.3) is 0 Å². The average Bonchev–Trinajstić information content (AvgIpc) is 2.81. The molecule has 0 radical (unpaired) electrons. The van der Waals surface area contributed by atoms with Gasteiger partial charge in [0.15, 0.2) is 6.23 Å². The Morgan fingerprint density at radius 2 is 2.31 bits per heavy atom. The van der Waals surface area contributed by atoms with E-state index >= 15 is 0 Å². The number of nitrogens with zero attached hydrogens (tertiary/aromatic N) is 1. The number of piperidine rings is 1. The molecule has 16 heavy (non-hydrogen) atoms. The van der Waals surface area contributed by atoms with Gasteiger partial charge in [-0.05, 0) is 19.8 Å². The normalized spacial score (nSPS) is 39.9. The van der Waals surface area contributed by atoms with Crippen molar-refractivity contribution >= 4 is 11.9 Å². The van der Waals surface area contributed by atoms with Gasteiger partial charge in [-0.3, -0.25) is 0 Å². The van der Waals surface area contributed by atoms with Crippen molar-refractivity contribution in [3.8, 4) is 0 Å². The van der Waals surface area contributed by atoms with Crippen LogP contribution in [0.2, 0.25) is 0 Å². The quantitative estimate of drug-likeness (QED) is 0.507. The van der Waals surface area contributed by atoms with Crippen LogP contribution in [0.3, 0.4) is 0 Å². The zero-order chi connectivity index (χ0) is 11.4. The first-order valence-corrected chi connectivity index (χ1v) is 5.44. The molecule has 0 N–H and O–H groups in total. The van der Waals surface area contributed by atoms with Crippen LogP contribution in [0, 0.1) is 11.8 Å². The van der Waals surface area contributed by atoms with Crippen LogP contribution in [-0.2, 0) is 19.2 Å². The topological polar surface area (TPSA) is 55.8 Å². The molecule has 4 unspecified atom stereocenters. The van der Waals surface area contributed by atoms with Gasteiger partial charge in [0, 0.05) is 11.5 Å². The summed E-state index contributed by atoms with van der Waals surface area (Å²) in [4.78, 5) is 28.0. The molecule has 2 bridgehead atoms. The van der Waals surface area contributed by atoms with Gasteiger partial charge in [-0.25, -0.2) is 9.59 Å². The van der Waals surface area contributed by atoms with E-state index in [-0.39, 0.29) is 23.8 Å². The minimum absolute atomic E-state index is 0.00946. The highest BCUT2D eigenvalue weighted by Crippen LogP contribution is 2.50. The van der Waals surface area contributed by atoms with Crippen molar-refractivity contribution in [1.82, 2.24) is 5.06 Å². The van der Waals surface area contributed by atoms with Crippen LogP contribution >= 0.6 is 0 Å². The number of ether oxygens (including phenoxy) is 1. The van der Waals surface area contributed by atoms with Crippen LogP contribution in [0.1, 0.15) is 19.8 Å². The van der Waals surface area contributed by atoms with Crippen molar-refractivity contribution in [2.45, 2.75) is 32.0 Å². The largest absolute Gasteiger partial charge is 0.440 e. The van der Waals surface area contributed by atoms with Crippen molar-refractivity contribution in [1.29, 1.82) is 0 Å². The summed E-state index contributed by atoms with van der Waals surface area (Å²) in [6.07, 6.45) is 1.25. The second kappa shape index (κ2) is 3.07. The molecule has 0 amide bonds. The van der Waals surface area contributed by atoms with Crippen LogP contribution < -0.4 is 0 Å². The highest BCUT2D eigenvalue weighted by Gasteiger charge is 2.62. The molecule has 4 atom stereocenters. The summed E-state index contributed by atoms with van der Waals surface area (Å²) < 4.78 is 5.30. The lowest BCUT2D eigenvalue weighted by Crippen LogP contribution is -2.40. The molecule has 0 aromatic rings. The van der Waals surface area contributed by atoms with Crippen molar-refractivity contribution in [2.24, 2.45) is 11.8 Å². The van der Waals surface area contributed by atoms with Gasteiger partial charge in [0.05, 0.1) is 12.0 Å². The smallest absolute Gasteiger partial charge is 0.334 e. The number of carbonyl (C=O) groups excluding carboxylic acids is 2. The van der Waals surface area contributed by atoms with E-state index in [9.17, 15) is 9.59 Å². The van der Waals surface area contributed by atoms with Gasteiger partial charge in [-0.15, -0.1) is 0 Å². The van der Waals surface area contributed by atoms with Crippen LogP contribution in [0.4, 0.5) is 0 Å². The fourth-order valence-corrected chi connectivity index (χ4v) is 2.87. The maximum atomic E-state index is 11.4. The van der Waals surface area contributed by atoms with Crippen LogP contribution in [0.15, 0.2) is 12.2 Å². The van der Waals surface area contributed by atoms with E-state index in [2.05, 4.69) is 6.58 Å². The second-order valence-corrected chi connectivity index (χ2v) is 4.75. The molecule has 0 aromatic carbocycles. The second-order valence-electron chi connectivity index (χ2n) is 4.75. The molecule has 3 fully saturated rings. The van der Waals surface area contributed by atoms with E-state index < -0.39 is 12.2 Å². The van der Waals surface area contributed by atoms with Crippen LogP contribution in [-0.4, -0.2) is 29.3 Å². The minimum atomic E-state index is -0.419. The monoisotopic (exact) mass is 223 g/mol. The summed E-state index contributed by atoms with van der Waals surface area (Å²) in [6.45, 7) is 5.14. The predicted octanol–water partition coefficient (Wildman–Crippen LogP) is 0.614. The number of fused-ring (bicyclic) bond motifs is 1. The lowest BCUT2D eigenvalue weighted by molar-refractivity contribution is -0.223. The Kier molecular flexibility index (Phi) is 1.89. The zero-order valence-corrected chi connectivity index (χ0v) is 9.01. The molecule has 0 spiro atoms. The third-order valence-electron chi connectivity index (χ3n) is 3.62. The fraction of sp³-hybridized carbons (Fsp3) is 0.636. The van der Waals surface area contributed by atoms with Gasteiger partial charge in [0.1, 0.15) is 0 Å². The van der Waals surface area contributed by atoms with Gasteiger partial charge < -0.3 is 9.57 Å². The highest BCUT2D eigenvalue weighted by atomic mass is 16.8. The number of esters is 1. The number of hydroxylamine groups is 2. The van der Waals surface area contributed by atoms with E-state index in [0.717, 1.165) is 12.8 Å². The van der Waals surface area contributed by atoms with Crippen molar-refractivity contribution in [3.63, 3.8) is 0 Å². The SMILES string of the molecule is C=C(C)C(=O)OC1C2CC3C(=O)ON1C3C2. The molecular formula is C11H13NO4. The Labute approximate surface area is 92.9 Å². The molecule has 5 nitrogen and oxygen atoms in total. The summed E-state index contributed by atoms with van der Waals surface area (Å²) in [6, 6.07) is 0.112. The first kappa shape index (κ1) is 9.84. The van der Waals surface area contributed by atoms with Crippen LogP contribution in [0.5, 0.6) is 0 Å². The molecule has 2 saturated heterocycles. The first-order chi connectivity index (χ1) is 7.58. The Bertz CT molecular complexity index is 391. The van der Waals surface area contributed by atoms with Crippen molar-refractivity contribution in [3.05, 3.63) is 12.2 Å². The number of hydrogen-bond donors (Lipinski definition) is 0. The van der Waals surface area contributed by atoms with E-state index in [1.165, 1.54) is 0 Å².